The summed E-state index contributed by atoms with van der Waals surface area (Å²) < 4.78 is 1.40. The van der Waals surface area contributed by atoms with E-state index in [0.29, 0.717) is 11.2 Å². The van der Waals surface area contributed by atoms with Crippen molar-refractivity contribution < 1.29 is 19.2 Å². The predicted molar refractivity (Wildman–Crippen MR) is 109 cm³/mol. The van der Waals surface area contributed by atoms with Gasteiger partial charge in [-0.25, -0.2) is 9.69 Å². The Morgan fingerprint density at radius 1 is 1.03 bits per heavy atom. The number of barbiturate groups is 1. The van der Waals surface area contributed by atoms with E-state index in [1.54, 1.807) is 30.3 Å². The number of hydrogen-bond acceptors (Lipinski definition) is 4. The number of imide groups is 2. The number of para-hydroxylation sites is 2. The number of nitrogens with zero attached hydrogens (tertiary/aromatic N) is 2. The largest absolute Gasteiger partial charge is 0.335 e. The zero-order valence-corrected chi connectivity index (χ0v) is 15.9. The van der Waals surface area contributed by atoms with Crippen molar-refractivity contribution in [2.24, 2.45) is 0 Å². The maximum Gasteiger partial charge on any atom is 0.335 e. The number of rotatable bonds is 2. The Hall–Kier alpha value is -3.71. The molecule has 1 saturated heterocycles. The smallest absolute Gasteiger partial charge is 0.281 e. The van der Waals surface area contributed by atoms with Gasteiger partial charge < -0.3 is 0 Å². The van der Waals surface area contributed by atoms with Crippen molar-refractivity contribution in [3.8, 4) is 0 Å². The van der Waals surface area contributed by atoms with E-state index in [1.807, 2.05) is 12.1 Å². The van der Waals surface area contributed by atoms with E-state index < -0.39 is 17.8 Å². The summed E-state index contributed by atoms with van der Waals surface area (Å²) in [5.41, 5.74) is 0.872. The van der Waals surface area contributed by atoms with Crippen LogP contribution in [0.3, 0.4) is 0 Å². The topological polar surface area (TPSA) is 88.5 Å². The van der Waals surface area contributed by atoms with Crippen molar-refractivity contribution in [1.82, 2.24) is 9.88 Å². The molecule has 0 spiro atoms. The van der Waals surface area contributed by atoms with Gasteiger partial charge in [0.2, 0.25) is 5.91 Å². The number of aromatic nitrogens is 1. The fourth-order valence-electron chi connectivity index (χ4n) is 3.29. The molecule has 8 heteroatoms. The lowest BCUT2D eigenvalue weighted by Gasteiger charge is -2.27. The Morgan fingerprint density at radius 2 is 1.72 bits per heavy atom. The number of amides is 4. The summed E-state index contributed by atoms with van der Waals surface area (Å²) >= 11 is 6.13. The number of fused-ring (bicyclic) bond motifs is 1. The molecule has 0 radical (unpaired) electrons. The highest BCUT2D eigenvalue weighted by Gasteiger charge is 2.37. The predicted octanol–water partition coefficient (Wildman–Crippen LogP) is 3.62. The van der Waals surface area contributed by atoms with E-state index in [9.17, 15) is 19.2 Å². The molecule has 1 aromatic heterocycles. The molecule has 1 fully saturated rings. The third-order valence-corrected chi connectivity index (χ3v) is 4.86. The zero-order chi connectivity index (χ0) is 20.7. The Labute approximate surface area is 170 Å². The first-order valence-corrected chi connectivity index (χ1v) is 9.03. The second-order valence-corrected chi connectivity index (χ2v) is 6.80. The van der Waals surface area contributed by atoms with Crippen LogP contribution in [0.15, 0.2) is 60.2 Å². The molecule has 1 aliphatic heterocycles. The average Bonchev–Trinajstić information content (AvgIpc) is 3.04. The minimum atomic E-state index is -0.891. The number of benzene rings is 2. The molecule has 0 aliphatic carbocycles. The molecule has 144 valence electrons. The first-order valence-electron chi connectivity index (χ1n) is 8.66. The molecule has 7 nitrogen and oxygen atoms in total. The van der Waals surface area contributed by atoms with Crippen LogP contribution in [0.5, 0.6) is 0 Å². The van der Waals surface area contributed by atoms with Crippen LogP contribution in [0.1, 0.15) is 17.4 Å². The molecule has 4 amide bonds. The summed E-state index contributed by atoms with van der Waals surface area (Å²) in [5, 5.41) is 3.10. The number of nitrogens with one attached hydrogen (secondary N) is 1. The third-order valence-electron chi connectivity index (χ3n) is 4.54. The minimum absolute atomic E-state index is 0.155. The van der Waals surface area contributed by atoms with Crippen molar-refractivity contribution in [3.05, 3.63) is 70.9 Å². The number of anilines is 1. The molecular formula is C21H14ClN3O4. The molecule has 0 atom stereocenters. The lowest BCUT2D eigenvalue weighted by atomic mass is 10.1. The maximum atomic E-state index is 13.0. The van der Waals surface area contributed by atoms with Crippen molar-refractivity contribution in [3.63, 3.8) is 0 Å². The molecule has 2 heterocycles. The molecule has 1 aliphatic rings. The molecule has 0 unspecified atom stereocenters. The highest BCUT2D eigenvalue weighted by Crippen LogP contribution is 2.29. The lowest BCUT2D eigenvalue weighted by molar-refractivity contribution is -0.122. The lowest BCUT2D eigenvalue weighted by Crippen LogP contribution is -2.54. The van der Waals surface area contributed by atoms with Crippen molar-refractivity contribution >= 4 is 58.0 Å². The van der Waals surface area contributed by atoms with Crippen molar-refractivity contribution in [1.29, 1.82) is 0 Å². The number of halogens is 1. The summed E-state index contributed by atoms with van der Waals surface area (Å²) in [6, 6.07) is 14.3. The normalized spacial score (nSPS) is 15.9. The molecule has 3 aromatic rings. The van der Waals surface area contributed by atoms with E-state index in [-0.39, 0.29) is 22.2 Å². The van der Waals surface area contributed by atoms with Gasteiger partial charge in [-0.2, -0.15) is 0 Å². The van der Waals surface area contributed by atoms with Crippen LogP contribution in [0.25, 0.3) is 17.0 Å². The Morgan fingerprint density at radius 3 is 2.45 bits per heavy atom. The molecular weight excluding hydrogens is 394 g/mol. The van der Waals surface area contributed by atoms with Crippen LogP contribution in [-0.4, -0.2) is 28.3 Å². The van der Waals surface area contributed by atoms with Gasteiger partial charge in [0.15, 0.2) is 0 Å². The zero-order valence-electron chi connectivity index (χ0n) is 15.2. The van der Waals surface area contributed by atoms with Gasteiger partial charge in [-0.1, -0.05) is 41.9 Å². The molecule has 29 heavy (non-hydrogen) atoms. The summed E-state index contributed by atoms with van der Waals surface area (Å²) in [4.78, 5) is 50.7. The van der Waals surface area contributed by atoms with Gasteiger partial charge in [0.1, 0.15) is 5.57 Å². The Balaban J connectivity index is 1.86. The summed E-state index contributed by atoms with van der Waals surface area (Å²) in [5.74, 6) is -1.95. The van der Waals surface area contributed by atoms with Crippen molar-refractivity contribution in [2.75, 3.05) is 4.90 Å². The van der Waals surface area contributed by atoms with Gasteiger partial charge >= 0.3 is 6.03 Å². The maximum absolute atomic E-state index is 13.0. The van der Waals surface area contributed by atoms with Crippen LogP contribution < -0.4 is 10.2 Å². The first-order chi connectivity index (χ1) is 13.9. The molecule has 4 rings (SSSR count). The standard InChI is InChI=1S/C21H14ClN3O4/c1-12(26)24-14(10-13-6-2-4-8-17(13)24)11-15-19(27)23-21(29)25(20(15)28)18-9-5-3-7-16(18)22/h2-11H,1H3,(H,23,27,29)/b15-11+. The second kappa shape index (κ2) is 7.03. The van der Waals surface area contributed by atoms with Gasteiger partial charge in [0.25, 0.3) is 11.8 Å². The summed E-state index contributed by atoms with van der Waals surface area (Å²) in [6.45, 7) is 1.39. The highest BCUT2D eigenvalue weighted by atomic mass is 35.5. The molecule has 0 saturated carbocycles. The van der Waals surface area contributed by atoms with E-state index in [1.165, 1.54) is 29.7 Å². The number of carbonyl (C=O) groups excluding carboxylic acids is 4. The average molecular weight is 408 g/mol. The quantitative estimate of drug-likeness (QED) is 0.519. The van der Waals surface area contributed by atoms with Crippen LogP contribution in [-0.2, 0) is 9.59 Å². The SMILES string of the molecule is CC(=O)n1c(/C=C2\C(=O)NC(=O)N(c3ccccc3Cl)C2=O)cc2ccccc21. The number of carbonyl (C=O) groups is 4. The highest BCUT2D eigenvalue weighted by molar-refractivity contribution is 6.42. The fourth-order valence-corrected chi connectivity index (χ4v) is 3.51. The fraction of sp³-hybridized carbons (Fsp3) is 0.0476. The number of urea groups is 1. The van der Waals surface area contributed by atoms with Crippen molar-refractivity contribution in [2.45, 2.75) is 6.92 Å². The van der Waals surface area contributed by atoms with E-state index in [0.717, 1.165) is 10.3 Å². The second-order valence-electron chi connectivity index (χ2n) is 6.39. The van der Waals surface area contributed by atoms with Gasteiger partial charge in [-0.05, 0) is 30.3 Å². The van der Waals surface area contributed by atoms with Crippen LogP contribution in [0.4, 0.5) is 10.5 Å². The van der Waals surface area contributed by atoms with E-state index >= 15 is 0 Å². The Kier molecular flexibility index (Phi) is 4.52. The van der Waals surface area contributed by atoms with Gasteiger partial charge in [0, 0.05) is 12.3 Å². The molecule has 2 aromatic carbocycles. The van der Waals surface area contributed by atoms with Gasteiger partial charge in [0.05, 0.1) is 21.9 Å². The van der Waals surface area contributed by atoms with Crippen LogP contribution >= 0.6 is 11.6 Å². The Bertz CT molecular complexity index is 1240. The monoisotopic (exact) mass is 407 g/mol. The molecule has 1 N–H and O–H groups in total. The van der Waals surface area contributed by atoms with Crippen LogP contribution in [0.2, 0.25) is 5.02 Å². The minimum Gasteiger partial charge on any atom is -0.281 e. The van der Waals surface area contributed by atoms with Gasteiger partial charge in [-0.3, -0.25) is 24.3 Å². The summed E-state index contributed by atoms with van der Waals surface area (Å²) in [7, 11) is 0. The van der Waals surface area contributed by atoms with E-state index in [2.05, 4.69) is 5.32 Å². The molecule has 0 bridgehead atoms. The summed E-state index contributed by atoms with van der Waals surface area (Å²) in [6.07, 6.45) is 1.30. The van der Waals surface area contributed by atoms with Gasteiger partial charge in [-0.15, -0.1) is 0 Å². The third kappa shape index (κ3) is 3.11. The van der Waals surface area contributed by atoms with E-state index in [4.69, 9.17) is 11.6 Å². The number of hydrogen-bond donors (Lipinski definition) is 1. The first kappa shape index (κ1) is 18.6. The van der Waals surface area contributed by atoms with Crippen LogP contribution in [0, 0.1) is 0 Å².